The Bertz CT molecular complexity index is 617. The van der Waals surface area contributed by atoms with E-state index in [9.17, 15) is 13.6 Å². The van der Waals surface area contributed by atoms with E-state index in [4.69, 9.17) is 11.6 Å². The van der Waals surface area contributed by atoms with Gasteiger partial charge in [0.2, 0.25) is 5.91 Å². The normalized spacial score (nSPS) is 10.2. The summed E-state index contributed by atoms with van der Waals surface area (Å²) in [5.74, 6) is -1.22. The van der Waals surface area contributed by atoms with Crippen LogP contribution in [-0.4, -0.2) is 12.5 Å². The Kier molecular flexibility index (Phi) is 4.53. The molecule has 0 aliphatic heterocycles. The zero-order valence-corrected chi connectivity index (χ0v) is 11.0. The molecular weight excluding hydrogens is 286 g/mol. The summed E-state index contributed by atoms with van der Waals surface area (Å²) in [7, 11) is 0. The van der Waals surface area contributed by atoms with E-state index in [0.717, 1.165) is 0 Å². The van der Waals surface area contributed by atoms with Crippen LogP contribution in [0.15, 0.2) is 42.5 Å². The number of halogens is 3. The van der Waals surface area contributed by atoms with Gasteiger partial charge in [0, 0.05) is 11.4 Å². The third-order valence-electron chi connectivity index (χ3n) is 2.50. The van der Waals surface area contributed by atoms with Crippen molar-refractivity contribution in [2.45, 2.75) is 0 Å². The van der Waals surface area contributed by atoms with Crippen LogP contribution in [0.1, 0.15) is 0 Å². The van der Waals surface area contributed by atoms with Crippen molar-refractivity contribution in [3.05, 3.63) is 59.1 Å². The van der Waals surface area contributed by atoms with Gasteiger partial charge in [-0.05, 0) is 42.5 Å². The molecule has 0 heterocycles. The molecule has 0 aromatic heterocycles. The summed E-state index contributed by atoms with van der Waals surface area (Å²) < 4.78 is 25.6. The molecule has 2 N–H and O–H groups in total. The second kappa shape index (κ2) is 6.34. The predicted molar refractivity (Wildman–Crippen MR) is 74.9 cm³/mol. The third kappa shape index (κ3) is 3.93. The van der Waals surface area contributed by atoms with Crippen LogP contribution in [0, 0.1) is 11.6 Å². The van der Waals surface area contributed by atoms with Crippen molar-refractivity contribution >= 4 is 28.9 Å². The van der Waals surface area contributed by atoms with Gasteiger partial charge in [-0.1, -0.05) is 11.6 Å². The van der Waals surface area contributed by atoms with Crippen LogP contribution >= 0.6 is 11.6 Å². The number of nitrogens with one attached hydrogen (secondary N) is 2. The summed E-state index contributed by atoms with van der Waals surface area (Å²) in [5.41, 5.74) is 1.03. The molecule has 0 unspecified atom stereocenters. The summed E-state index contributed by atoms with van der Waals surface area (Å²) >= 11 is 5.61. The summed E-state index contributed by atoms with van der Waals surface area (Å²) in [6.07, 6.45) is 0. The second-order valence-electron chi connectivity index (χ2n) is 4.04. The monoisotopic (exact) mass is 296 g/mol. The zero-order valence-electron chi connectivity index (χ0n) is 10.3. The zero-order chi connectivity index (χ0) is 14.5. The standard InChI is InChI=1S/C14H11ClF2N2O/c15-12-7-11(5-6-13(12)17)19-14(20)8-18-10-3-1-9(16)2-4-10/h1-7,18H,8H2,(H,19,20). The number of amides is 1. The third-order valence-corrected chi connectivity index (χ3v) is 2.79. The minimum Gasteiger partial charge on any atom is -0.376 e. The fourth-order valence-electron chi connectivity index (χ4n) is 1.53. The highest BCUT2D eigenvalue weighted by Gasteiger charge is 2.05. The van der Waals surface area contributed by atoms with Crippen LogP contribution in [0.2, 0.25) is 5.02 Å². The maximum Gasteiger partial charge on any atom is 0.243 e. The first-order valence-corrected chi connectivity index (χ1v) is 6.17. The molecule has 0 fully saturated rings. The first-order valence-electron chi connectivity index (χ1n) is 5.79. The predicted octanol–water partition coefficient (Wildman–Crippen LogP) is 3.67. The lowest BCUT2D eigenvalue weighted by Gasteiger charge is -2.08. The lowest BCUT2D eigenvalue weighted by atomic mass is 10.3. The molecule has 0 radical (unpaired) electrons. The van der Waals surface area contributed by atoms with Gasteiger partial charge >= 0.3 is 0 Å². The summed E-state index contributed by atoms with van der Waals surface area (Å²) in [6.45, 7) is 0.000623. The van der Waals surface area contributed by atoms with E-state index in [2.05, 4.69) is 10.6 Å². The van der Waals surface area contributed by atoms with Crippen LogP contribution in [-0.2, 0) is 4.79 Å². The van der Waals surface area contributed by atoms with Crippen molar-refractivity contribution in [1.82, 2.24) is 0 Å². The van der Waals surface area contributed by atoms with E-state index in [-0.39, 0.29) is 23.3 Å². The van der Waals surface area contributed by atoms with Crippen molar-refractivity contribution < 1.29 is 13.6 Å². The molecule has 0 atom stereocenters. The Balaban J connectivity index is 1.89. The lowest BCUT2D eigenvalue weighted by Crippen LogP contribution is -2.21. The highest BCUT2D eigenvalue weighted by molar-refractivity contribution is 6.31. The number of hydrogen-bond donors (Lipinski definition) is 2. The van der Waals surface area contributed by atoms with Crippen molar-refractivity contribution in [1.29, 1.82) is 0 Å². The van der Waals surface area contributed by atoms with Gasteiger partial charge < -0.3 is 10.6 Å². The highest BCUT2D eigenvalue weighted by atomic mass is 35.5. The van der Waals surface area contributed by atoms with Gasteiger partial charge in [0.05, 0.1) is 11.6 Å². The Morgan fingerprint density at radius 3 is 2.35 bits per heavy atom. The van der Waals surface area contributed by atoms with Gasteiger partial charge in [-0.25, -0.2) is 8.78 Å². The molecule has 2 aromatic rings. The molecular formula is C14H11ClF2N2O. The average Bonchev–Trinajstić information content (AvgIpc) is 2.42. The Labute approximate surface area is 119 Å². The van der Waals surface area contributed by atoms with E-state index in [1.54, 1.807) is 0 Å². The fourth-order valence-corrected chi connectivity index (χ4v) is 1.71. The topological polar surface area (TPSA) is 41.1 Å². The molecule has 0 bridgehead atoms. The molecule has 3 nitrogen and oxygen atoms in total. The van der Waals surface area contributed by atoms with Gasteiger partial charge in [-0.15, -0.1) is 0 Å². The molecule has 0 saturated heterocycles. The van der Waals surface area contributed by atoms with Crippen LogP contribution in [0.25, 0.3) is 0 Å². The molecule has 2 aromatic carbocycles. The Morgan fingerprint density at radius 2 is 1.70 bits per heavy atom. The Hall–Kier alpha value is -2.14. The number of benzene rings is 2. The van der Waals surface area contributed by atoms with E-state index >= 15 is 0 Å². The molecule has 0 saturated carbocycles. The first kappa shape index (κ1) is 14.3. The van der Waals surface area contributed by atoms with Crippen LogP contribution in [0.4, 0.5) is 20.2 Å². The van der Waals surface area contributed by atoms with Gasteiger partial charge in [0.1, 0.15) is 11.6 Å². The number of hydrogen-bond acceptors (Lipinski definition) is 2. The smallest absolute Gasteiger partial charge is 0.243 e. The largest absolute Gasteiger partial charge is 0.376 e. The minimum absolute atomic E-state index is 0.000623. The quantitative estimate of drug-likeness (QED) is 0.904. The summed E-state index contributed by atoms with van der Waals surface area (Å²) in [4.78, 5) is 11.7. The number of anilines is 2. The molecule has 0 aliphatic carbocycles. The molecule has 0 spiro atoms. The molecule has 104 valence electrons. The summed E-state index contributed by atoms with van der Waals surface area (Å²) in [5, 5.41) is 5.34. The van der Waals surface area contributed by atoms with Crippen molar-refractivity contribution in [3.63, 3.8) is 0 Å². The first-order chi connectivity index (χ1) is 9.54. The summed E-state index contributed by atoms with van der Waals surface area (Å²) in [6, 6.07) is 9.55. The van der Waals surface area contributed by atoms with Crippen molar-refractivity contribution in [3.8, 4) is 0 Å². The number of carbonyl (C=O) groups excluding carboxylic acids is 1. The van der Waals surface area contributed by atoms with E-state index in [0.29, 0.717) is 11.4 Å². The van der Waals surface area contributed by atoms with Crippen LogP contribution in [0.5, 0.6) is 0 Å². The molecule has 1 amide bonds. The van der Waals surface area contributed by atoms with Gasteiger partial charge in [0.15, 0.2) is 0 Å². The van der Waals surface area contributed by atoms with Crippen molar-refractivity contribution in [2.75, 3.05) is 17.2 Å². The maximum absolute atomic E-state index is 13.0. The van der Waals surface area contributed by atoms with Gasteiger partial charge in [-0.2, -0.15) is 0 Å². The highest BCUT2D eigenvalue weighted by Crippen LogP contribution is 2.19. The second-order valence-corrected chi connectivity index (χ2v) is 4.44. The Morgan fingerprint density at radius 1 is 1.05 bits per heavy atom. The van der Waals surface area contributed by atoms with Crippen LogP contribution < -0.4 is 10.6 Å². The minimum atomic E-state index is -0.547. The molecule has 0 aliphatic rings. The van der Waals surface area contributed by atoms with E-state index in [1.807, 2.05) is 0 Å². The average molecular weight is 297 g/mol. The van der Waals surface area contributed by atoms with Gasteiger partial charge in [0.25, 0.3) is 0 Å². The van der Waals surface area contributed by atoms with E-state index in [1.165, 1.54) is 42.5 Å². The van der Waals surface area contributed by atoms with Gasteiger partial charge in [-0.3, -0.25) is 4.79 Å². The SMILES string of the molecule is O=C(CNc1ccc(F)cc1)Nc1ccc(F)c(Cl)c1. The van der Waals surface area contributed by atoms with Crippen molar-refractivity contribution in [2.24, 2.45) is 0 Å². The number of carbonyl (C=O) groups is 1. The van der Waals surface area contributed by atoms with E-state index < -0.39 is 5.82 Å². The molecule has 20 heavy (non-hydrogen) atoms. The lowest BCUT2D eigenvalue weighted by molar-refractivity contribution is -0.114. The molecule has 2 rings (SSSR count). The van der Waals surface area contributed by atoms with Crippen LogP contribution in [0.3, 0.4) is 0 Å². The fraction of sp³-hybridized carbons (Fsp3) is 0.0714. The maximum atomic E-state index is 13.0. The number of rotatable bonds is 4. The molecule has 6 heteroatoms.